The lowest BCUT2D eigenvalue weighted by Crippen LogP contribution is -2.10. The number of benzene rings is 1. The van der Waals surface area contributed by atoms with Crippen molar-refractivity contribution in [2.75, 3.05) is 5.73 Å². The summed E-state index contributed by atoms with van der Waals surface area (Å²) in [5.74, 6) is -0.614. The molecule has 0 atom stereocenters. The van der Waals surface area contributed by atoms with Crippen molar-refractivity contribution in [3.05, 3.63) is 57.4 Å². The molecule has 110 valence electrons. The number of aromatic nitrogens is 1. The fraction of sp³-hybridized carbons (Fsp3) is 0.0833. The van der Waals surface area contributed by atoms with Crippen LogP contribution in [0.5, 0.6) is 0 Å². The van der Waals surface area contributed by atoms with E-state index in [0.717, 1.165) is 0 Å². The van der Waals surface area contributed by atoms with Crippen LogP contribution in [0.4, 0.5) is 11.4 Å². The van der Waals surface area contributed by atoms with E-state index in [9.17, 15) is 18.5 Å². The molecule has 21 heavy (non-hydrogen) atoms. The van der Waals surface area contributed by atoms with Crippen LogP contribution in [0.2, 0.25) is 5.02 Å². The number of pyridine rings is 1. The van der Waals surface area contributed by atoms with E-state index in [0.29, 0.717) is 0 Å². The van der Waals surface area contributed by atoms with Gasteiger partial charge >= 0.3 is 0 Å². The van der Waals surface area contributed by atoms with Gasteiger partial charge in [0, 0.05) is 12.3 Å². The lowest BCUT2D eigenvalue weighted by Gasteiger charge is -2.08. The minimum atomic E-state index is -3.88. The van der Waals surface area contributed by atoms with Crippen molar-refractivity contribution in [2.45, 2.75) is 10.6 Å². The molecule has 0 aliphatic rings. The number of nitrogens with two attached hydrogens (primary N) is 1. The predicted octanol–water partition coefficient (Wildman–Crippen LogP) is 2.20. The van der Waals surface area contributed by atoms with Gasteiger partial charge in [-0.25, -0.2) is 8.42 Å². The molecule has 7 nitrogen and oxygen atoms in total. The van der Waals surface area contributed by atoms with Gasteiger partial charge in [0.15, 0.2) is 9.84 Å². The first kappa shape index (κ1) is 15.2. The lowest BCUT2D eigenvalue weighted by molar-refractivity contribution is -0.385. The van der Waals surface area contributed by atoms with Gasteiger partial charge in [0.1, 0.15) is 0 Å². The quantitative estimate of drug-likeness (QED) is 0.679. The largest absolute Gasteiger partial charge is 0.396 e. The molecule has 0 bridgehead atoms. The van der Waals surface area contributed by atoms with E-state index >= 15 is 0 Å². The first-order chi connectivity index (χ1) is 9.83. The van der Waals surface area contributed by atoms with Crippen LogP contribution in [-0.2, 0) is 15.6 Å². The maximum atomic E-state index is 12.4. The number of hydrogen-bond acceptors (Lipinski definition) is 6. The van der Waals surface area contributed by atoms with E-state index < -0.39 is 20.5 Å². The molecule has 0 radical (unpaired) electrons. The molecule has 1 heterocycles. The zero-order valence-electron chi connectivity index (χ0n) is 10.6. The minimum absolute atomic E-state index is 0.0143. The molecule has 0 aliphatic heterocycles. The summed E-state index contributed by atoms with van der Waals surface area (Å²) in [5, 5.41) is 11.0. The Hall–Kier alpha value is -2.19. The van der Waals surface area contributed by atoms with Crippen LogP contribution in [0.15, 0.2) is 41.6 Å². The SMILES string of the molecule is Nc1cnccc1S(=O)(=O)Cc1c(Cl)cccc1[N+](=O)[O-]. The van der Waals surface area contributed by atoms with E-state index in [1.165, 1.54) is 36.7 Å². The van der Waals surface area contributed by atoms with E-state index in [1.54, 1.807) is 0 Å². The summed E-state index contributed by atoms with van der Waals surface area (Å²) in [6.07, 6.45) is 2.48. The average molecular weight is 328 g/mol. The Labute approximate surface area is 125 Å². The maximum Gasteiger partial charge on any atom is 0.275 e. The van der Waals surface area contributed by atoms with Crippen LogP contribution in [-0.4, -0.2) is 18.3 Å². The lowest BCUT2D eigenvalue weighted by atomic mass is 10.2. The van der Waals surface area contributed by atoms with Gasteiger partial charge in [-0.05, 0) is 12.1 Å². The Morgan fingerprint density at radius 3 is 2.67 bits per heavy atom. The molecule has 2 aromatic rings. The third-order valence-corrected chi connectivity index (χ3v) is 4.84. The second-order valence-electron chi connectivity index (χ2n) is 4.17. The van der Waals surface area contributed by atoms with E-state index in [2.05, 4.69) is 4.98 Å². The van der Waals surface area contributed by atoms with Gasteiger partial charge in [-0.15, -0.1) is 0 Å². The Morgan fingerprint density at radius 2 is 2.05 bits per heavy atom. The summed E-state index contributed by atoms with van der Waals surface area (Å²) in [4.78, 5) is 13.9. The van der Waals surface area contributed by atoms with Crippen LogP contribution in [0.25, 0.3) is 0 Å². The van der Waals surface area contributed by atoms with Gasteiger partial charge < -0.3 is 5.73 Å². The molecule has 0 unspecified atom stereocenters. The van der Waals surface area contributed by atoms with E-state index in [4.69, 9.17) is 17.3 Å². The first-order valence-electron chi connectivity index (χ1n) is 5.67. The second kappa shape index (κ2) is 5.66. The molecule has 2 rings (SSSR count). The molecule has 0 amide bonds. The van der Waals surface area contributed by atoms with E-state index in [1.807, 2.05) is 0 Å². The molecule has 1 aromatic carbocycles. The molecule has 0 fully saturated rings. The van der Waals surface area contributed by atoms with Gasteiger partial charge in [0.2, 0.25) is 0 Å². The molecule has 0 saturated heterocycles. The van der Waals surface area contributed by atoms with Crippen molar-refractivity contribution in [2.24, 2.45) is 0 Å². The number of nitro groups is 1. The highest BCUT2D eigenvalue weighted by Crippen LogP contribution is 2.31. The van der Waals surface area contributed by atoms with Crippen LogP contribution in [0.1, 0.15) is 5.56 Å². The van der Waals surface area contributed by atoms with Gasteiger partial charge in [0.25, 0.3) is 5.69 Å². The summed E-state index contributed by atoms with van der Waals surface area (Å²) in [5.41, 5.74) is 5.15. The molecular formula is C12H10ClN3O4S. The number of rotatable bonds is 4. The highest BCUT2D eigenvalue weighted by atomic mass is 35.5. The second-order valence-corrected chi connectivity index (χ2v) is 6.53. The Morgan fingerprint density at radius 1 is 1.33 bits per heavy atom. The maximum absolute atomic E-state index is 12.4. The third kappa shape index (κ3) is 3.11. The van der Waals surface area contributed by atoms with Gasteiger partial charge in [-0.3, -0.25) is 15.1 Å². The van der Waals surface area contributed by atoms with Crippen LogP contribution in [0, 0.1) is 10.1 Å². The van der Waals surface area contributed by atoms with Crippen molar-refractivity contribution < 1.29 is 13.3 Å². The molecule has 0 aliphatic carbocycles. The van der Waals surface area contributed by atoms with Gasteiger partial charge in [0.05, 0.1) is 38.0 Å². The Balaban J connectivity index is 2.52. The fourth-order valence-corrected chi connectivity index (χ4v) is 3.64. The number of halogens is 1. The van der Waals surface area contributed by atoms with Crippen molar-refractivity contribution in [3.63, 3.8) is 0 Å². The standard InChI is InChI=1S/C12H10ClN3O4S/c13-9-2-1-3-11(16(17)18)8(9)7-21(19,20)12-4-5-15-6-10(12)14/h1-6H,7,14H2. The van der Waals surface area contributed by atoms with Crippen LogP contribution < -0.4 is 5.73 Å². The van der Waals surface area contributed by atoms with Crippen LogP contribution in [0.3, 0.4) is 0 Å². The van der Waals surface area contributed by atoms with Gasteiger partial charge in [-0.1, -0.05) is 17.7 Å². The van der Waals surface area contributed by atoms with Gasteiger partial charge in [-0.2, -0.15) is 0 Å². The molecule has 0 saturated carbocycles. The zero-order valence-corrected chi connectivity index (χ0v) is 12.1. The normalized spacial score (nSPS) is 11.3. The highest BCUT2D eigenvalue weighted by Gasteiger charge is 2.25. The minimum Gasteiger partial charge on any atom is -0.396 e. The summed E-state index contributed by atoms with van der Waals surface area (Å²) < 4.78 is 24.7. The number of nitrogens with zero attached hydrogens (tertiary/aromatic N) is 2. The topological polar surface area (TPSA) is 116 Å². The number of hydrogen-bond donors (Lipinski definition) is 1. The number of anilines is 1. The fourth-order valence-electron chi connectivity index (χ4n) is 1.81. The molecule has 0 spiro atoms. The Bertz CT molecular complexity index is 808. The van der Waals surface area contributed by atoms with Crippen LogP contribution >= 0.6 is 11.6 Å². The molecule has 1 aromatic heterocycles. The van der Waals surface area contributed by atoms with E-state index in [-0.39, 0.29) is 26.9 Å². The first-order valence-corrected chi connectivity index (χ1v) is 7.70. The summed E-state index contributed by atoms with van der Waals surface area (Å²) in [7, 11) is -3.88. The monoisotopic (exact) mass is 327 g/mol. The zero-order chi connectivity index (χ0) is 15.6. The molecule has 9 heteroatoms. The number of nitro benzene ring substituents is 1. The highest BCUT2D eigenvalue weighted by molar-refractivity contribution is 7.90. The van der Waals surface area contributed by atoms with Crippen molar-refractivity contribution in [1.82, 2.24) is 4.98 Å². The summed E-state index contributed by atoms with van der Waals surface area (Å²) in [6.45, 7) is 0. The molecular weight excluding hydrogens is 318 g/mol. The smallest absolute Gasteiger partial charge is 0.275 e. The third-order valence-electron chi connectivity index (χ3n) is 2.77. The van der Waals surface area contributed by atoms with Crippen molar-refractivity contribution in [3.8, 4) is 0 Å². The van der Waals surface area contributed by atoms with Crippen molar-refractivity contribution >= 4 is 32.8 Å². The number of nitrogen functional groups attached to an aromatic ring is 1. The summed E-state index contributed by atoms with van der Waals surface area (Å²) in [6, 6.07) is 5.23. The number of sulfone groups is 1. The molecule has 2 N–H and O–H groups in total. The Kier molecular flexibility index (Phi) is 4.10. The average Bonchev–Trinajstić information content (AvgIpc) is 2.41. The summed E-state index contributed by atoms with van der Waals surface area (Å²) >= 11 is 5.89. The van der Waals surface area contributed by atoms with Crippen molar-refractivity contribution in [1.29, 1.82) is 0 Å². The predicted molar refractivity (Wildman–Crippen MR) is 77.6 cm³/mol.